The minimum absolute atomic E-state index is 0.0527. The molecule has 0 N–H and O–H groups in total. The third kappa shape index (κ3) is 4.11. The number of hydrogen-bond donors (Lipinski definition) is 0. The lowest BCUT2D eigenvalue weighted by atomic mass is 9.96. The molecular formula is C25H25N5O3. The Morgan fingerprint density at radius 1 is 1.00 bits per heavy atom. The lowest BCUT2D eigenvalue weighted by Crippen LogP contribution is -2.38. The molecule has 1 aliphatic rings. The van der Waals surface area contributed by atoms with Crippen LogP contribution in [0, 0.1) is 0 Å². The van der Waals surface area contributed by atoms with Gasteiger partial charge in [0.1, 0.15) is 11.5 Å². The highest BCUT2D eigenvalue weighted by atomic mass is 16.5. The molecule has 1 saturated heterocycles. The minimum Gasteiger partial charge on any atom is -0.497 e. The average molecular weight is 444 g/mol. The molecule has 1 aromatic carbocycles. The molecular weight excluding hydrogens is 418 g/mol. The van der Waals surface area contributed by atoms with Crippen LogP contribution in [0.1, 0.15) is 34.9 Å². The molecule has 0 aliphatic carbocycles. The van der Waals surface area contributed by atoms with Crippen molar-refractivity contribution < 1.29 is 14.3 Å². The van der Waals surface area contributed by atoms with E-state index in [9.17, 15) is 4.79 Å². The maximum atomic E-state index is 12.7. The number of hydrogen-bond acceptors (Lipinski definition) is 6. The second-order valence-electron chi connectivity index (χ2n) is 8.06. The van der Waals surface area contributed by atoms with Crippen LogP contribution in [-0.2, 0) is 0 Å². The average Bonchev–Trinajstić information content (AvgIpc) is 3.32. The van der Waals surface area contributed by atoms with Gasteiger partial charge in [-0.25, -0.2) is 9.50 Å². The predicted octanol–water partition coefficient (Wildman–Crippen LogP) is 3.83. The van der Waals surface area contributed by atoms with Crippen LogP contribution in [0.3, 0.4) is 0 Å². The van der Waals surface area contributed by atoms with Crippen molar-refractivity contribution in [3.8, 4) is 22.6 Å². The van der Waals surface area contributed by atoms with E-state index in [1.165, 1.54) is 0 Å². The quantitative estimate of drug-likeness (QED) is 0.466. The number of nitrogens with zero attached hydrogens (tertiary/aromatic N) is 5. The normalized spacial score (nSPS) is 14.4. The van der Waals surface area contributed by atoms with E-state index in [1.807, 2.05) is 45.9 Å². The van der Waals surface area contributed by atoms with Crippen LogP contribution in [0.2, 0.25) is 0 Å². The Morgan fingerprint density at radius 2 is 1.79 bits per heavy atom. The zero-order valence-corrected chi connectivity index (χ0v) is 18.6. The Labute approximate surface area is 191 Å². The van der Waals surface area contributed by atoms with Crippen molar-refractivity contribution in [2.24, 2.45) is 0 Å². The van der Waals surface area contributed by atoms with Gasteiger partial charge in [-0.05, 0) is 49.2 Å². The zero-order chi connectivity index (χ0) is 22.8. The first kappa shape index (κ1) is 20.9. The van der Waals surface area contributed by atoms with Crippen molar-refractivity contribution in [2.45, 2.75) is 18.8 Å². The molecule has 0 atom stereocenters. The predicted molar refractivity (Wildman–Crippen MR) is 124 cm³/mol. The lowest BCUT2D eigenvalue weighted by molar-refractivity contribution is 0.0711. The second kappa shape index (κ2) is 8.90. The topological polar surface area (TPSA) is 81.9 Å². The number of methoxy groups -OCH3 is 2. The molecule has 8 heteroatoms. The van der Waals surface area contributed by atoms with Crippen LogP contribution in [0.15, 0.2) is 61.1 Å². The number of benzene rings is 1. The van der Waals surface area contributed by atoms with E-state index in [-0.39, 0.29) is 11.8 Å². The zero-order valence-electron chi connectivity index (χ0n) is 18.6. The molecule has 5 rings (SSSR count). The molecule has 1 fully saturated rings. The Hall–Kier alpha value is -3.94. The molecule has 0 unspecified atom stereocenters. The van der Waals surface area contributed by atoms with Crippen LogP contribution in [-0.4, -0.2) is 57.7 Å². The van der Waals surface area contributed by atoms with E-state index in [1.54, 1.807) is 38.7 Å². The SMILES string of the molecule is COc1ccc(-c2ccc3nc(C4CCN(C(=O)c5ccncc5)CC4)nn3c2)c(OC)c1. The summed E-state index contributed by atoms with van der Waals surface area (Å²) in [6, 6.07) is 13.3. The highest BCUT2D eigenvalue weighted by Crippen LogP contribution is 2.34. The number of carbonyl (C=O) groups excluding carboxylic acids is 1. The van der Waals surface area contributed by atoms with Crippen LogP contribution in [0.25, 0.3) is 16.8 Å². The fourth-order valence-corrected chi connectivity index (χ4v) is 4.29. The number of piperidine rings is 1. The summed E-state index contributed by atoms with van der Waals surface area (Å²) in [4.78, 5) is 23.3. The van der Waals surface area contributed by atoms with Crippen LogP contribution >= 0.6 is 0 Å². The van der Waals surface area contributed by atoms with Crippen LogP contribution < -0.4 is 9.47 Å². The van der Waals surface area contributed by atoms with Gasteiger partial charge in [-0.15, -0.1) is 0 Å². The van der Waals surface area contributed by atoms with E-state index >= 15 is 0 Å². The molecule has 0 spiro atoms. The largest absolute Gasteiger partial charge is 0.497 e. The summed E-state index contributed by atoms with van der Waals surface area (Å²) in [7, 11) is 3.28. The van der Waals surface area contributed by atoms with Gasteiger partial charge >= 0.3 is 0 Å². The van der Waals surface area contributed by atoms with Crippen molar-refractivity contribution >= 4 is 11.6 Å². The van der Waals surface area contributed by atoms with Crippen molar-refractivity contribution in [1.29, 1.82) is 0 Å². The van der Waals surface area contributed by atoms with Gasteiger partial charge in [0.2, 0.25) is 0 Å². The molecule has 0 radical (unpaired) electrons. The molecule has 8 nitrogen and oxygen atoms in total. The highest BCUT2D eigenvalue weighted by molar-refractivity contribution is 5.94. The number of likely N-dealkylation sites (tertiary alicyclic amines) is 1. The molecule has 0 saturated carbocycles. The third-order valence-corrected chi connectivity index (χ3v) is 6.14. The highest BCUT2D eigenvalue weighted by Gasteiger charge is 2.27. The number of fused-ring (bicyclic) bond motifs is 1. The van der Waals surface area contributed by atoms with Crippen molar-refractivity contribution in [3.05, 3.63) is 72.4 Å². The first-order chi connectivity index (χ1) is 16.2. The number of rotatable bonds is 5. The molecule has 1 amide bonds. The van der Waals surface area contributed by atoms with Crippen molar-refractivity contribution in [1.82, 2.24) is 24.5 Å². The maximum absolute atomic E-state index is 12.7. The van der Waals surface area contributed by atoms with Crippen molar-refractivity contribution in [2.75, 3.05) is 27.3 Å². The van der Waals surface area contributed by atoms with E-state index in [2.05, 4.69) is 4.98 Å². The Balaban J connectivity index is 1.33. The Kier molecular flexibility index (Phi) is 5.64. The standard InChI is InChI=1S/C25H25N5O3/c1-32-20-4-5-21(22(15-20)33-2)19-3-6-23-27-24(28-30(23)16-19)17-9-13-29(14-10-17)25(31)18-7-11-26-12-8-18/h3-8,11-12,15-17H,9-10,13-14H2,1-2H3. The molecule has 3 aromatic heterocycles. The second-order valence-corrected chi connectivity index (χ2v) is 8.06. The van der Waals surface area contributed by atoms with Gasteiger partial charge in [0.15, 0.2) is 11.5 Å². The fraction of sp³-hybridized carbons (Fsp3) is 0.280. The monoisotopic (exact) mass is 443 g/mol. The van der Waals surface area contributed by atoms with Gasteiger partial charge in [-0.2, -0.15) is 5.10 Å². The number of aromatic nitrogens is 4. The lowest BCUT2D eigenvalue weighted by Gasteiger charge is -2.30. The number of pyridine rings is 2. The summed E-state index contributed by atoms with van der Waals surface area (Å²) in [5.41, 5.74) is 3.42. The summed E-state index contributed by atoms with van der Waals surface area (Å²) in [5.74, 6) is 2.58. The minimum atomic E-state index is 0.0527. The third-order valence-electron chi connectivity index (χ3n) is 6.14. The Bertz CT molecular complexity index is 1280. The Morgan fingerprint density at radius 3 is 2.52 bits per heavy atom. The molecule has 168 valence electrons. The van der Waals surface area contributed by atoms with Gasteiger partial charge in [0.25, 0.3) is 5.91 Å². The number of carbonyl (C=O) groups is 1. The van der Waals surface area contributed by atoms with E-state index in [4.69, 9.17) is 19.6 Å². The fourth-order valence-electron chi connectivity index (χ4n) is 4.29. The van der Waals surface area contributed by atoms with E-state index < -0.39 is 0 Å². The van der Waals surface area contributed by atoms with E-state index in [0.717, 1.165) is 46.9 Å². The van der Waals surface area contributed by atoms with E-state index in [0.29, 0.717) is 18.7 Å². The summed E-state index contributed by atoms with van der Waals surface area (Å²) >= 11 is 0. The first-order valence-electron chi connectivity index (χ1n) is 10.9. The molecule has 4 aromatic rings. The summed E-state index contributed by atoms with van der Waals surface area (Å²) in [6.45, 7) is 1.38. The number of amides is 1. The molecule has 33 heavy (non-hydrogen) atoms. The van der Waals surface area contributed by atoms with Crippen LogP contribution in [0.5, 0.6) is 11.5 Å². The molecule has 1 aliphatic heterocycles. The number of ether oxygens (including phenoxy) is 2. The molecule has 4 heterocycles. The van der Waals surface area contributed by atoms with Gasteiger partial charge in [-0.3, -0.25) is 9.78 Å². The molecule has 0 bridgehead atoms. The summed E-state index contributed by atoms with van der Waals surface area (Å²) < 4.78 is 12.7. The summed E-state index contributed by atoms with van der Waals surface area (Å²) in [5, 5.41) is 4.77. The van der Waals surface area contributed by atoms with Gasteiger partial charge in [0.05, 0.1) is 14.2 Å². The first-order valence-corrected chi connectivity index (χ1v) is 10.9. The van der Waals surface area contributed by atoms with Gasteiger partial charge in [-0.1, -0.05) is 0 Å². The smallest absolute Gasteiger partial charge is 0.253 e. The summed E-state index contributed by atoms with van der Waals surface area (Å²) in [6.07, 6.45) is 6.95. The van der Waals surface area contributed by atoms with Crippen LogP contribution in [0.4, 0.5) is 0 Å². The van der Waals surface area contributed by atoms with Crippen molar-refractivity contribution in [3.63, 3.8) is 0 Å². The maximum Gasteiger partial charge on any atom is 0.253 e. The van der Waals surface area contributed by atoms with Gasteiger partial charge in [0, 0.05) is 60.4 Å². The van der Waals surface area contributed by atoms with Gasteiger partial charge < -0.3 is 14.4 Å².